The molecule has 1 heterocycles. The zero-order valence-corrected chi connectivity index (χ0v) is 21.3. The number of carbonyl (C=O) groups excluding carboxylic acids is 1. The number of ether oxygens (including phenoxy) is 4. The third-order valence-electron chi connectivity index (χ3n) is 7.38. The molecule has 37 heavy (non-hydrogen) atoms. The second-order valence-corrected chi connectivity index (χ2v) is 9.66. The number of carbonyl (C=O) groups is 2. The Hall–Kier alpha value is -4.00. The Morgan fingerprint density at radius 3 is 2.38 bits per heavy atom. The van der Waals surface area contributed by atoms with Crippen LogP contribution in [-0.2, 0) is 27.8 Å². The number of aryl methyl sites for hydroxylation is 2. The highest BCUT2D eigenvalue weighted by Gasteiger charge is 2.50. The molecule has 7 nitrogen and oxygen atoms in total. The van der Waals surface area contributed by atoms with E-state index >= 15 is 0 Å². The Bertz CT molecular complexity index is 1380. The molecule has 0 amide bonds. The van der Waals surface area contributed by atoms with Gasteiger partial charge in [0.2, 0.25) is 6.79 Å². The molecule has 5 rings (SSSR count). The van der Waals surface area contributed by atoms with E-state index in [1.54, 1.807) is 14.2 Å². The van der Waals surface area contributed by atoms with Crippen molar-refractivity contribution < 1.29 is 35.1 Å². The number of rotatable bonds is 10. The van der Waals surface area contributed by atoms with Gasteiger partial charge in [0.25, 0.3) is 0 Å². The van der Waals surface area contributed by atoms with Gasteiger partial charge in [-0.3, -0.25) is 9.59 Å². The molecule has 0 saturated heterocycles. The summed E-state index contributed by atoms with van der Waals surface area (Å²) in [5, 5.41) is 9.28. The second kappa shape index (κ2) is 9.81. The molecular weight excluding hydrogens is 472 g/mol. The van der Waals surface area contributed by atoms with Gasteiger partial charge < -0.3 is 24.1 Å². The lowest BCUT2D eigenvalue weighted by molar-refractivity contribution is -0.137. The van der Waals surface area contributed by atoms with E-state index in [1.807, 2.05) is 55.5 Å². The Kier molecular flexibility index (Phi) is 6.54. The van der Waals surface area contributed by atoms with E-state index in [1.165, 1.54) is 0 Å². The first-order valence-electron chi connectivity index (χ1n) is 12.3. The molecular formula is C30H32O7. The van der Waals surface area contributed by atoms with Crippen molar-refractivity contribution in [2.75, 3.05) is 21.0 Å². The number of benzene rings is 3. The van der Waals surface area contributed by atoms with Crippen molar-refractivity contribution in [1.82, 2.24) is 0 Å². The van der Waals surface area contributed by atoms with Crippen molar-refractivity contribution in [2.45, 2.75) is 44.4 Å². The van der Waals surface area contributed by atoms with E-state index in [-0.39, 0.29) is 20.4 Å². The molecule has 0 atom stereocenters. The van der Waals surface area contributed by atoms with E-state index in [0.717, 1.165) is 46.2 Å². The highest BCUT2D eigenvalue weighted by Crippen LogP contribution is 2.51. The molecule has 2 aliphatic rings. The molecule has 1 fully saturated rings. The maximum Gasteiger partial charge on any atom is 0.303 e. The van der Waals surface area contributed by atoms with Crippen LogP contribution in [0.5, 0.6) is 23.0 Å². The lowest BCUT2D eigenvalue weighted by atomic mass is 9.86. The summed E-state index contributed by atoms with van der Waals surface area (Å²) in [6, 6.07) is 15.6. The Morgan fingerprint density at radius 1 is 0.946 bits per heavy atom. The van der Waals surface area contributed by atoms with Crippen LogP contribution in [0.3, 0.4) is 0 Å². The first kappa shape index (κ1) is 24.7. The molecule has 1 aliphatic carbocycles. The first-order chi connectivity index (χ1) is 17.8. The topological polar surface area (TPSA) is 91.3 Å². The highest BCUT2D eigenvalue weighted by atomic mass is 16.7. The summed E-state index contributed by atoms with van der Waals surface area (Å²) < 4.78 is 21.9. The SMILES string of the molecule is COc1cc(CCC(=O)O)c(-c2cc(CC(=O)C3(c4ccc5c(c4)OCO5)CC3)ccc2C)cc1OC.[HH]. The van der Waals surface area contributed by atoms with Crippen molar-refractivity contribution in [3.8, 4) is 34.1 Å². The molecule has 1 saturated carbocycles. The number of ketones is 1. The van der Waals surface area contributed by atoms with E-state index in [4.69, 9.17) is 18.9 Å². The third kappa shape index (κ3) is 4.73. The summed E-state index contributed by atoms with van der Waals surface area (Å²) >= 11 is 0. The van der Waals surface area contributed by atoms with Gasteiger partial charge >= 0.3 is 5.97 Å². The van der Waals surface area contributed by atoms with Gasteiger partial charge in [-0.1, -0.05) is 24.3 Å². The number of aliphatic carboxylic acids is 1. The summed E-state index contributed by atoms with van der Waals surface area (Å²) in [4.78, 5) is 24.9. The van der Waals surface area contributed by atoms with Crippen molar-refractivity contribution in [2.24, 2.45) is 0 Å². The van der Waals surface area contributed by atoms with Gasteiger partial charge in [-0.05, 0) is 83.8 Å². The van der Waals surface area contributed by atoms with E-state index < -0.39 is 11.4 Å². The monoisotopic (exact) mass is 504 g/mol. The fraction of sp³-hybridized carbons (Fsp3) is 0.333. The van der Waals surface area contributed by atoms with Crippen molar-refractivity contribution >= 4 is 11.8 Å². The van der Waals surface area contributed by atoms with Gasteiger partial charge in [0.1, 0.15) is 5.78 Å². The fourth-order valence-corrected chi connectivity index (χ4v) is 5.09. The van der Waals surface area contributed by atoms with Crippen LogP contribution in [0.25, 0.3) is 11.1 Å². The van der Waals surface area contributed by atoms with E-state index in [2.05, 4.69) is 0 Å². The van der Waals surface area contributed by atoms with Crippen LogP contribution in [-0.4, -0.2) is 37.9 Å². The number of methoxy groups -OCH3 is 2. The maximum atomic E-state index is 13.6. The molecule has 0 bridgehead atoms. The van der Waals surface area contributed by atoms with Crippen molar-refractivity contribution in [3.05, 3.63) is 70.8 Å². The van der Waals surface area contributed by atoms with Crippen LogP contribution >= 0.6 is 0 Å². The predicted molar refractivity (Wildman–Crippen MR) is 140 cm³/mol. The minimum atomic E-state index is -0.866. The van der Waals surface area contributed by atoms with E-state index in [0.29, 0.717) is 35.8 Å². The minimum absolute atomic E-state index is 0. The Morgan fingerprint density at radius 2 is 1.68 bits per heavy atom. The first-order valence-corrected chi connectivity index (χ1v) is 12.3. The lowest BCUT2D eigenvalue weighted by Gasteiger charge is -2.18. The van der Waals surface area contributed by atoms with Gasteiger partial charge in [0.15, 0.2) is 23.0 Å². The van der Waals surface area contributed by atoms with Crippen molar-refractivity contribution in [3.63, 3.8) is 0 Å². The molecule has 1 aliphatic heterocycles. The summed E-state index contributed by atoms with van der Waals surface area (Å²) in [6.07, 6.45) is 2.29. The van der Waals surface area contributed by atoms with Gasteiger partial charge in [-0.2, -0.15) is 0 Å². The maximum absolute atomic E-state index is 13.6. The third-order valence-corrected chi connectivity index (χ3v) is 7.38. The standard InChI is InChI=1S/C30H30O7.H2/c1-18-4-5-19(13-28(31)30(10-11-30)21-7-8-24-27(15-21)37-17-36-24)12-22(18)23-16-26(35-3)25(34-2)14-20(23)6-9-29(32)33;/h4-5,7-8,12,14-16H,6,9-11,13,17H2,1-3H3,(H,32,33);1H. The minimum Gasteiger partial charge on any atom is -0.493 e. The molecule has 0 radical (unpaired) electrons. The molecule has 3 aromatic carbocycles. The molecule has 7 heteroatoms. The predicted octanol–water partition coefficient (Wildman–Crippen LogP) is 5.51. The van der Waals surface area contributed by atoms with Crippen LogP contribution in [0, 0.1) is 6.92 Å². The number of carboxylic acids is 1. The average Bonchev–Trinajstić information content (AvgIpc) is 3.58. The van der Waals surface area contributed by atoms with Crippen LogP contribution in [0.15, 0.2) is 48.5 Å². The molecule has 0 unspecified atom stereocenters. The average molecular weight is 505 g/mol. The highest BCUT2D eigenvalue weighted by molar-refractivity contribution is 5.95. The number of hydrogen-bond donors (Lipinski definition) is 1. The van der Waals surface area contributed by atoms with Gasteiger partial charge in [0.05, 0.1) is 19.6 Å². The molecule has 0 spiro atoms. The van der Waals surface area contributed by atoms with Gasteiger partial charge in [0, 0.05) is 14.3 Å². The molecule has 3 aromatic rings. The second-order valence-electron chi connectivity index (χ2n) is 9.66. The normalized spacial score (nSPS) is 14.8. The Balaban J connectivity index is 0.00000336. The van der Waals surface area contributed by atoms with Crippen LogP contribution in [0.4, 0.5) is 0 Å². The number of fused-ring (bicyclic) bond motifs is 1. The zero-order chi connectivity index (χ0) is 26.2. The van der Waals surface area contributed by atoms with Crippen LogP contribution in [0.1, 0.15) is 42.9 Å². The van der Waals surface area contributed by atoms with Crippen LogP contribution in [0.2, 0.25) is 0 Å². The molecule has 1 N–H and O–H groups in total. The number of carboxylic acid groups (broad SMARTS) is 1. The summed E-state index contributed by atoms with van der Waals surface area (Å²) in [5.41, 5.74) is 5.10. The smallest absolute Gasteiger partial charge is 0.303 e. The van der Waals surface area contributed by atoms with Gasteiger partial charge in [-0.15, -0.1) is 0 Å². The lowest BCUT2D eigenvalue weighted by Crippen LogP contribution is -2.22. The summed E-state index contributed by atoms with van der Waals surface area (Å²) in [6.45, 7) is 2.21. The summed E-state index contributed by atoms with van der Waals surface area (Å²) in [7, 11) is 3.13. The summed E-state index contributed by atoms with van der Waals surface area (Å²) in [5.74, 6) is 1.84. The number of Topliss-reactive ketones (excluding diaryl/α,β-unsaturated/α-hetero) is 1. The molecule has 0 aromatic heterocycles. The molecule has 194 valence electrons. The van der Waals surface area contributed by atoms with Crippen LogP contribution < -0.4 is 18.9 Å². The zero-order valence-electron chi connectivity index (χ0n) is 21.3. The Labute approximate surface area is 217 Å². The number of hydrogen-bond acceptors (Lipinski definition) is 6. The largest absolute Gasteiger partial charge is 0.493 e. The van der Waals surface area contributed by atoms with E-state index in [9.17, 15) is 14.7 Å². The quantitative estimate of drug-likeness (QED) is 0.389. The van der Waals surface area contributed by atoms with Crippen molar-refractivity contribution in [1.29, 1.82) is 0 Å². The fourth-order valence-electron chi connectivity index (χ4n) is 5.09. The van der Waals surface area contributed by atoms with Gasteiger partial charge in [-0.25, -0.2) is 0 Å².